The highest BCUT2D eigenvalue weighted by Gasteiger charge is 2.22. The van der Waals surface area contributed by atoms with E-state index in [0.717, 1.165) is 12.1 Å². The van der Waals surface area contributed by atoms with Gasteiger partial charge in [0.2, 0.25) is 0 Å². The number of hydrogen-bond acceptors (Lipinski definition) is 3. The first-order chi connectivity index (χ1) is 10.4. The quantitative estimate of drug-likeness (QED) is 0.889. The van der Waals surface area contributed by atoms with Crippen molar-refractivity contribution in [2.24, 2.45) is 0 Å². The molecule has 0 spiro atoms. The summed E-state index contributed by atoms with van der Waals surface area (Å²) in [5.74, 6) is 0.389. The molecule has 7 heteroatoms. The summed E-state index contributed by atoms with van der Waals surface area (Å²) in [5, 5.41) is 13.4. The predicted molar refractivity (Wildman–Crippen MR) is 80.5 cm³/mol. The highest BCUT2D eigenvalue weighted by molar-refractivity contribution is 5.74. The van der Waals surface area contributed by atoms with Crippen molar-refractivity contribution in [3.05, 3.63) is 47.8 Å². The van der Waals surface area contributed by atoms with Gasteiger partial charge < -0.3 is 15.2 Å². The maximum atomic E-state index is 13.0. The van der Waals surface area contributed by atoms with Gasteiger partial charge in [-0.2, -0.15) is 0 Å². The molecule has 6 nitrogen and oxygen atoms in total. The van der Waals surface area contributed by atoms with E-state index in [4.69, 9.17) is 0 Å². The van der Waals surface area contributed by atoms with Crippen LogP contribution in [0.15, 0.2) is 30.6 Å². The van der Waals surface area contributed by atoms with E-state index in [1.807, 2.05) is 25.3 Å². The van der Waals surface area contributed by atoms with E-state index in [9.17, 15) is 9.18 Å². The number of rotatable bonds is 5. The molecule has 1 aromatic heterocycles. The van der Waals surface area contributed by atoms with Crippen LogP contribution >= 0.6 is 0 Å². The smallest absolute Gasteiger partial charge is 0.315 e. The second kappa shape index (κ2) is 6.55. The molecular weight excluding hydrogens is 285 g/mol. The van der Waals surface area contributed by atoms with Crippen LogP contribution in [0.1, 0.15) is 32.2 Å². The molecule has 2 rings (SSSR count). The summed E-state index contributed by atoms with van der Waals surface area (Å²) < 4.78 is 14.8. The van der Waals surface area contributed by atoms with E-state index < -0.39 is 5.54 Å². The lowest BCUT2D eigenvalue weighted by Gasteiger charge is -2.27. The second-order valence-electron chi connectivity index (χ2n) is 5.47. The summed E-state index contributed by atoms with van der Waals surface area (Å²) in [7, 11) is 0. The molecule has 0 fully saturated rings. The molecule has 0 saturated heterocycles. The molecule has 0 radical (unpaired) electrons. The van der Waals surface area contributed by atoms with Crippen molar-refractivity contribution in [1.29, 1.82) is 0 Å². The first-order valence-corrected chi connectivity index (χ1v) is 7.11. The Morgan fingerprint density at radius 2 is 2.00 bits per heavy atom. The summed E-state index contributed by atoms with van der Waals surface area (Å²) in [6.45, 7) is 6.72. The van der Waals surface area contributed by atoms with Gasteiger partial charge in [-0.25, -0.2) is 9.18 Å². The number of hydrogen-bond donors (Lipinski definition) is 2. The van der Waals surface area contributed by atoms with Crippen LogP contribution in [-0.4, -0.2) is 20.8 Å². The number of halogens is 1. The minimum absolute atomic E-state index is 0.291. The number of benzene rings is 1. The number of aromatic nitrogens is 3. The molecule has 0 aliphatic heterocycles. The Hall–Kier alpha value is -2.44. The zero-order chi connectivity index (χ0) is 16.2. The van der Waals surface area contributed by atoms with Crippen molar-refractivity contribution in [2.45, 2.75) is 39.4 Å². The maximum Gasteiger partial charge on any atom is 0.315 e. The molecule has 0 atom stereocenters. The standard InChI is InChI=1S/C15H20FN5O/c1-4-21-10-18-20-13(21)9-17-14(22)19-15(2,3)11-5-7-12(16)8-6-11/h5-8,10H,4,9H2,1-3H3,(H2,17,19,22). The van der Waals surface area contributed by atoms with E-state index >= 15 is 0 Å². The Morgan fingerprint density at radius 1 is 1.32 bits per heavy atom. The molecule has 0 saturated carbocycles. The van der Waals surface area contributed by atoms with Crippen molar-refractivity contribution in [3.8, 4) is 0 Å². The topological polar surface area (TPSA) is 71.8 Å². The normalized spacial score (nSPS) is 11.3. The third-order valence-corrected chi connectivity index (χ3v) is 3.44. The highest BCUT2D eigenvalue weighted by atomic mass is 19.1. The van der Waals surface area contributed by atoms with Crippen LogP contribution in [0.4, 0.5) is 9.18 Å². The van der Waals surface area contributed by atoms with Gasteiger partial charge in [-0.05, 0) is 38.5 Å². The molecule has 0 bridgehead atoms. The number of carbonyl (C=O) groups excluding carboxylic acids is 1. The van der Waals surface area contributed by atoms with Crippen molar-refractivity contribution < 1.29 is 9.18 Å². The molecule has 0 aliphatic carbocycles. The number of carbonyl (C=O) groups is 1. The zero-order valence-corrected chi connectivity index (χ0v) is 12.9. The van der Waals surface area contributed by atoms with Gasteiger partial charge in [0, 0.05) is 6.54 Å². The van der Waals surface area contributed by atoms with Gasteiger partial charge in [0.05, 0.1) is 12.1 Å². The fourth-order valence-corrected chi connectivity index (χ4v) is 2.11. The Kier molecular flexibility index (Phi) is 4.75. The lowest BCUT2D eigenvalue weighted by atomic mass is 9.94. The molecular formula is C15H20FN5O. The Labute approximate surface area is 128 Å². The van der Waals surface area contributed by atoms with Crippen molar-refractivity contribution in [1.82, 2.24) is 25.4 Å². The van der Waals surface area contributed by atoms with Crippen molar-refractivity contribution in [3.63, 3.8) is 0 Å². The van der Waals surface area contributed by atoms with Gasteiger partial charge in [-0.15, -0.1) is 10.2 Å². The minimum Gasteiger partial charge on any atom is -0.331 e. The third-order valence-electron chi connectivity index (χ3n) is 3.44. The molecule has 118 valence electrons. The predicted octanol–water partition coefficient (Wildman–Crippen LogP) is 2.17. The molecule has 22 heavy (non-hydrogen) atoms. The average Bonchev–Trinajstić information content (AvgIpc) is 2.92. The van der Waals surface area contributed by atoms with Gasteiger partial charge in [-0.3, -0.25) is 0 Å². The molecule has 2 aromatic rings. The van der Waals surface area contributed by atoms with E-state index in [0.29, 0.717) is 12.4 Å². The van der Waals surface area contributed by atoms with Gasteiger partial charge in [0.25, 0.3) is 0 Å². The summed E-state index contributed by atoms with van der Waals surface area (Å²) >= 11 is 0. The Balaban J connectivity index is 1.94. The van der Waals surface area contributed by atoms with E-state index in [2.05, 4.69) is 20.8 Å². The van der Waals surface area contributed by atoms with E-state index in [1.165, 1.54) is 12.1 Å². The number of amides is 2. The van der Waals surface area contributed by atoms with E-state index in [-0.39, 0.29) is 11.8 Å². The van der Waals surface area contributed by atoms with Crippen LogP contribution in [0.2, 0.25) is 0 Å². The average molecular weight is 305 g/mol. The molecule has 2 N–H and O–H groups in total. The molecule has 2 amide bonds. The van der Waals surface area contributed by atoms with Gasteiger partial charge >= 0.3 is 6.03 Å². The van der Waals surface area contributed by atoms with Crippen LogP contribution in [0.5, 0.6) is 0 Å². The summed E-state index contributed by atoms with van der Waals surface area (Å²) in [6, 6.07) is 5.74. The fourth-order valence-electron chi connectivity index (χ4n) is 2.11. The zero-order valence-electron chi connectivity index (χ0n) is 12.9. The number of nitrogens with zero attached hydrogens (tertiary/aromatic N) is 3. The van der Waals surface area contributed by atoms with Crippen LogP contribution < -0.4 is 10.6 Å². The fraction of sp³-hybridized carbons (Fsp3) is 0.400. The van der Waals surface area contributed by atoms with Gasteiger partial charge in [-0.1, -0.05) is 12.1 Å². The number of nitrogens with one attached hydrogen (secondary N) is 2. The molecule has 1 heterocycles. The molecule has 0 aliphatic rings. The SMILES string of the molecule is CCn1cnnc1CNC(=O)NC(C)(C)c1ccc(F)cc1. The summed E-state index contributed by atoms with van der Waals surface area (Å²) in [6.07, 6.45) is 1.62. The van der Waals surface area contributed by atoms with Crippen molar-refractivity contribution in [2.75, 3.05) is 0 Å². The van der Waals surface area contributed by atoms with Crippen LogP contribution in [0.3, 0.4) is 0 Å². The van der Waals surface area contributed by atoms with Crippen LogP contribution in [0, 0.1) is 5.82 Å². The van der Waals surface area contributed by atoms with Gasteiger partial charge in [0.1, 0.15) is 12.1 Å². The summed E-state index contributed by atoms with van der Waals surface area (Å²) in [5.41, 5.74) is 0.205. The first-order valence-electron chi connectivity index (χ1n) is 7.11. The van der Waals surface area contributed by atoms with Crippen LogP contribution in [-0.2, 0) is 18.6 Å². The molecule has 1 aromatic carbocycles. The van der Waals surface area contributed by atoms with Crippen molar-refractivity contribution >= 4 is 6.03 Å². The Bertz CT molecular complexity index is 636. The second-order valence-corrected chi connectivity index (χ2v) is 5.47. The van der Waals surface area contributed by atoms with Crippen LogP contribution in [0.25, 0.3) is 0 Å². The summed E-state index contributed by atoms with van der Waals surface area (Å²) in [4.78, 5) is 12.0. The lowest BCUT2D eigenvalue weighted by Crippen LogP contribution is -2.46. The Morgan fingerprint density at radius 3 is 2.64 bits per heavy atom. The lowest BCUT2D eigenvalue weighted by molar-refractivity contribution is 0.229. The van der Waals surface area contributed by atoms with E-state index in [1.54, 1.807) is 18.5 Å². The monoisotopic (exact) mass is 305 g/mol. The largest absolute Gasteiger partial charge is 0.331 e. The highest BCUT2D eigenvalue weighted by Crippen LogP contribution is 2.19. The maximum absolute atomic E-state index is 13.0. The number of aryl methyl sites for hydroxylation is 1. The third kappa shape index (κ3) is 3.81. The minimum atomic E-state index is -0.615. The number of urea groups is 1. The van der Waals surface area contributed by atoms with Gasteiger partial charge in [0.15, 0.2) is 5.82 Å². The first kappa shape index (κ1) is 15.9. The molecule has 0 unspecified atom stereocenters.